The molecule has 0 bridgehead atoms. The maximum atomic E-state index is 12.5. The zero-order valence-electron chi connectivity index (χ0n) is 14.0. The fourth-order valence-electron chi connectivity index (χ4n) is 2.31. The van der Waals surface area contributed by atoms with Crippen molar-refractivity contribution in [1.82, 2.24) is 10.3 Å². The van der Waals surface area contributed by atoms with E-state index in [4.69, 9.17) is 4.74 Å². The number of aromatic nitrogens is 1. The van der Waals surface area contributed by atoms with E-state index < -0.39 is 12.1 Å². The summed E-state index contributed by atoms with van der Waals surface area (Å²) in [4.78, 5) is 28.8. The minimum absolute atomic E-state index is 0.286. The number of amides is 1. The number of hydrogen-bond donors (Lipinski definition) is 1. The first-order chi connectivity index (χ1) is 10.9. The summed E-state index contributed by atoms with van der Waals surface area (Å²) < 4.78 is 5.32. The molecule has 1 N–H and O–H groups in total. The van der Waals surface area contributed by atoms with E-state index in [-0.39, 0.29) is 5.91 Å². The highest BCUT2D eigenvalue weighted by Gasteiger charge is 2.20. The summed E-state index contributed by atoms with van der Waals surface area (Å²) in [5, 5.41) is 3.46. The Morgan fingerprint density at radius 1 is 1.26 bits per heavy atom. The van der Waals surface area contributed by atoms with Crippen LogP contribution in [0.4, 0.5) is 0 Å². The molecule has 1 heterocycles. The van der Waals surface area contributed by atoms with Gasteiger partial charge in [0.25, 0.3) is 5.91 Å². The van der Waals surface area contributed by atoms with Crippen molar-refractivity contribution in [2.24, 2.45) is 0 Å². The maximum absolute atomic E-state index is 12.5. The molecule has 0 aliphatic rings. The second-order valence-corrected chi connectivity index (χ2v) is 5.67. The number of hydrogen-bond acceptors (Lipinski definition) is 4. The van der Waals surface area contributed by atoms with Crippen LogP contribution in [-0.4, -0.2) is 29.5 Å². The van der Waals surface area contributed by atoms with Crippen molar-refractivity contribution in [3.05, 3.63) is 41.1 Å². The summed E-state index contributed by atoms with van der Waals surface area (Å²) in [5.41, 5.74) is 2.94. The van der Waals surface area contributed by atoms with E-state index in [1.807, 2.05) is 39.0 Å². The molecule has 2 aromatic rings. The van der Waals surface area contributed by atoms with E-state index >= 15 is 0 Å². The summed E-state index contributed by atoms with van der Waals surface area (Å²) >= 11 is 0. The van der Waals surface area contributed by atoms with Crippen LogP contribution in [0.15, 0.2) is 24.3 Å². The third kappa shape index (κ3) is 4.06. The van der Waals surface area contributed by atoms with Gasteiger partial charge in [-0.15, -0.1) is 0 Å². The van der Waals surface area contributed by atoms with Gasteiger partial charge in [0.05, 0.1) is 11.1 Å². The van der Waals surface area contributed by atoms with E-state index in [2.05, 4.69) is 10.3 Å². The van der Waals surface area contributed by atoms with Gasteiger partial charge in [-0.05, 0) is 45.4 Å². The van der Waals surface area contributed by atoms with Crippen LogP contribution in [0.1, 0.15) is 41.9 Å². The SMILES string of the molecule is CCCNC(=O)C(C)OC(=O)c1cc(C)nc2ccc(C)cc12. The zero-order chi connectivity index (χ0) is 17.0. The molecule has 2 rings (SSSR count). The number of fused-ring (bicyclic) bond motifs is 1. The first-order valence-corrected chi connectivity index (χ1v) is 7.79. The van der Waals surface area contributed by atoms with Crippen molar-refractivity contribution >= 4 is 22.8 Å². The highest BCUT2D eigenvalue weighted by molar-refractivity contribution is 6.04. The molecule has 0 saturated heterocycles. The molecule has 0 aliphatic carbocycles. The molecule has 0 fully saturated rings. The molecule has 122 valence electrons. The minimum atomic E-state index is -0.831. The molecule has 5 nitrogen and oxygen atoms in total. The lowest BCUT2D eigenvalue weighted by molar-refractivity contribution is -0.129. The Bertz CT molecular complexity index is 740. The molecule has 23 heavy (non-hydrogen) atoms. The Morgan fingerprint density at radius 3 is 2.70 bits per heavy atom. The number of nitrogens with one attached hydrogen (secondary N) is 1. The van der Waals surface area contributed by atoms with Gasteiger partial charge in [0.15, 0.2) is 6.10 Å². The molecule has 0 aliphatic heterocycles. The lowest BCUT2D eigenvalue weighted by Gasteiger charge is -2.14. The molecule has 0 radical (unpaired) electrons. The molecule has 0 saturated carbocycles. The average Bonchev–Trinajstić information content (AvgIpc) is 2.51. The minimum Gasteiger partial charge on any atom is -0.449 e. The number of carbonyl (C=O) groups excluding carboxylic acids is 2. The van der Waals surface area contributed by atoms with E-state index in [9.17, 15) is 9.59 Å². The Balaban J connectivity index is 2.27. The molecule has 1 aromatic heterocycles. The fourth-order valence-corrected chi connectivity index (χ4v) is 2.31. The van der Waals surface area contributed by atoms with Crippen LogP contribution in [0.5, 0.6) is 0 Å². The summed E-state index contributed by atoms with van der Waals surface area (Å²) in [5.74, 6) is -0.795. The number of aryl methyl sites for hydroxylation is 2. The molecule has 5 heteroatoms. The molecular formula is C18H22N2O3. The number of nitrogens with zero attached hydrogens (tertiary/aromatic N) is 1. The Hall–Kier alpha value is -2.43. The predicted molar refractivity (Wildman–Crippen MR) is 89.4 cm³/mol. The van der Waals surface area contributed by atoms with Crippen molar-refractivity contribution in [3.63, 3.8) is 0 Å². The van der Waals surface area contributed by atoms with Crippen LogP contribution in [0.2, 0.25) is 0 Å². The van der Waals surface area contributed by atoms with Gasteiger partial charge in [-0.3, -0.25) is 9.78 Å². The largest absolute Gasteiger partial charge is 0.449 e. The Morgan fingerprint density at radius 2 is 2.00 bits per heavy atom. The molecule has 1 amide bonds. The van der Waals surface area contributed by atoms with E-state index in [0.717, 1.165) is 28.6 Å². The van der Waals surface area contributed by atoms with Crippen LogP contribution in [0.25, 0.3) is 10.9 Å². The van der Waals surface area contributed by atoms with Crippen LogP contribution in [0.3, 0.4) is 0 Å². The van der Waals surface area contributed by atoms with Crippen molar-refractivity contribution in [1.29, 1.82) is 0 Å². The molecular weight excluding hydrogens is 292 g/mol. The van der Waals surface area contributed by atoms with Crippen molar-refractivity contribution in [2.45, 2.75) is 40.2 Å². The van der Waals surface area contributed by atoms with Crippen LogP contribution in [0, 0.1) is 13.8 Å². The number of ether oxygens (including phenoxy) is 1. The number of benzene rings is 1. The van der Waals surface area contributed by atoms with Crippen molar-refractivity contribution in [3.8, 4) is 0 Å². The molecule has 1 unspecified atom stereocenters. The van der Waals surface area contributed by atoms with E-state index in [1.54, 1.807) is 13.0 Å². The molecule has 0 spiro atoms. The monoisotopic (exact) mass is 314 g/mol. The summed E-state index contributed by atoms with van der Waals surface area (Å²) in [6.07, 6.45) is 0.00208. The summed E-state index contributed by atoms with van der Waals surface area (Å²) in [6.45, 7) is 7.88. The van der Waals surface area contributed by atoms with E-state index in [0.29, 0.717) is 12.1 Å². The standard InChI is InChI=1S/C18H22N2O3/c1-5-8-19-17(21)13(4)23-18(22)15-10-12(3)20-16-7-6-11(2)9-14(15)16/h6-7,9-10,13H,5,8H2,1-4H3,(H,19,21). The molecule has 1 atom stereocenters. The maximum Gasteiger partial charge on any atom is 0.339 e. The number of carbonyl (C=O) groups is 2. The van der Waals surface area contributed by atoms with Crippen LogP contribution < -0.4 is 5.32 Å². The van der Waals surface area contributed by atoms with Gasteiger partial charge in [-0.1, -0.05) is 18.6 Å². The first-order valence-electron chi connectivity index (χ1n) is 7.79. The van der Waals surface area contributed by atoms with Crippen LogP contribution in [-0.2, 0) is 9.53 Å². The fraction of sp³-hybridized carbons (Fsp3) is 0.389. The third-order valence-electron chi connectivity index (χ3n) is 3.51. The van der Waals surface area contributed by atoms with Gasteiger partial charge < -0.3 is 10.1 Å². The number of rotatable bonds is 5. The van der Waals surface area contributed by atoms with E-state index in [1.165, 1.54) is 0 Å². The lowest BCUT2D eigenvalue weighted by Crippen LogP contribution is -2.36. The smallest absolute Gasteiger partial charge is 0.339 e. The summed E-state index contributed by atoms with van der Waals surface area (Å²) in [7, 11) is 0. The van der Waals surface area contributed by atoms with Crippen LogP contribution >= 0.6 is 0 Å². The van der Waals surface area contributed by atoms with Gasteiger partial charge >= 0.3 is 5.97 Å². The van der Waals surface area contributed by atoms with Crippen molar-refractivity contribution in [2.75, 3.05) is 6.54 Å². The molecule has 1 aromatic carbocycles. The topological polar surface area (TPSA) is 68.3 Å². The predicted octanol–water partition coefficient (Wildman–Crippen LogP) is 2.92. The highest BCUT2D eigenvalue weighted by atomic mass is 16.5. The first kappa shape index (κ1) is 16.9. The Labute approximate surface area is 136 Å². The van der Waals surface area contributed by atoms with Gasteiger partial charge in [0.2, 0.25) is 0 Å². The second kappa shape index (κ2) is 7.22. The number of pyridine rings is 1. The summed E-state index contributed by atoms with van der Waals surface area (Å²) in [6, 6.07) is 7.43. The Kier molecular flexibility index (Phi) is 5.32. The van der Waals surface area contributed by atoms with Gasteiger partial charge in [0.1, 0.15) is 0 Å². The lowest BCUT2D eigenvalue weighted by atomic mass is 10.1. The van der Waals surface area contributed by atoms with Gasteiger partial charge in [-0.2, -0.15) is 0 Å². The quantitative estimate of drug-likeness (QED) is 0.862. The van der Waals surface area contributed by atoms with Crippen molar-refractivity contribution < 1.29 is 14.3 Å². The normalized spacial score (nSPS) is 12.0. The number of esters is 1. The second-order valence-electron chi connectivity index (χ2n) is 5.67. The zero-order valence-corrected chi connectivity index (χ0v) is 14.0. The highest BCUT2D eigenvalue weighted by Crippen LogP contribution is 2.21. The average molecular weight is 314 g/mol. The van der Waals surface area contributed by atoms with Gasteiger partial charge in [0, 0.05) is 17.6 Å². The van der Waals surface area contributed by atoms with Gasteiger partial charge in [-0.25, -0.2) is 4.79 Å². The third-order valence-corrected chi connectivity index (χ3v) is 3.51.